The predicted molar refractivity (Wildman–Crippen MR) is 76.4 cm³/mol. The van der Waals surface area contributed by atoms with Gasteiger partial charge in [-0.1, -0.05) is 19.9 Å². The first-order chi connectivity index (χ1) is 9.56. The van der Waals surface area contributed by atoms with Crippen molar-refractivity contribution in [1.82, 2.24) is 4.90 Å². The van der Waals surface area contributed by atoms with E-state index in [4.69, 9.17) is 9.84 Å². The summed E-state index contributed by atoms with van der Waals surface area (Å²) in [6.07, 6.45) is 2.31. The molecule has 1 rings (SSSR count). The third-order valence-corrected chi connectivity index (χ3v) is 2.93. The van der Waals surface area contributed by atoms with Gasteiger partial charge in [0.1, 0.15) is 6.61 Å². The number of ether oxygens (including phenoxy) is 1. The Morgan fingerprint density at radius 3 is 2.65 bits per heavy atom. The minimum atomic E-state index is -1.06. The van der Waals surface area contributed by atoms with Crippen molar-refractivity contribution < 1.29 is 19.0 Å². The molecule has 1 aromatic rings. The van der Waals surface area contributed by atoms with Gasteiger partial charge < -0.3 is 14.7 Å². The van der Waals surface area contributed by atoms with Gasteiger partial charge in [0.15, 0.2) is 11.6 Å². The lowest BCUT2D eigenvalue weighted by Gasteiger charge is -2.18. The van der Waals surface area contributed by atoms with E-state index in [9.17, 15) is 9.18 Å². The molecule has 4 nitrogen and oxygen atoms in total. The zero-order chi connectivity index (χ0) is 15.0. The zero-order valence-corrected chi connectivity index (χ0v) is 11.8. The quantitative estimate of drug-likeness (QED) is 0.744. The topological polar surface area (TPSA) is 49.8 Å². The van der Waals surface area contributed by atoms with Gasteiger partial charge >= 0.3 is 5.97 Å². The van der Waals surface area contributed by atoms with Gasteiger partial charge in [-0.25, -0.2) is 9.18 Å². The summed E-state index contributed by atoms with van der Waals surface area (Å²) in [5.41, 5.74) is 0.487. The Balaban J connectivity index is 2.58. The molecule has 0 bridgehead atoms. The molecule has 0 aliphatic carbocycles. The van der Waals surface area contributed by atoms with Crippen molar-refractivity contribution in [1.29, 1.82) is 0 Å². The third kappa shape index (κ3) is 5.40. The molecule has 0 aliphatic rings. The molecule has 110 valence electrons. The van der Waals surface area contributed by atoms with Crippen LogP contribution in [0.2, 0.25) is 0 Å². The highest BCUT2D eigenvalue weighted by atomic mass is 19.1. The lowest BCUT2D eigenvalue weighted by atomic mass is 10.2. The van der Waals surface area contributed by atoms with Crippen LogP contribution in [-0.2, 0) is 4.79 Å². The Hall–Kier alpha value is -1.88. The molecule has 0 atom stereocenters. The van der Waals surface area contributed by atoms with E-state index in [-0.39, 0.29) is 5.75 Å². The maximum atomic E-state index is 13.7. The minimum Gasteiger partial charge on any atom is -0.489 e. The largest absolute Gasteiger partial charge is 0.489 e. The molecule has 0 saturated carbocycles. The molecule has 0 aromatic heterocycles. The molecule has 0 heterocycles. The summed E-state index contributed by atoms with van der Waals surface area (Å²) in [4.78, 5) is 12.6. The maximum absolute atomic E-state index is 13.7. The second kappa shape index (κ2) is 8.32. The number of hydrogen-bond donors (Lipinski definition) is 1. The van der Waals surface area contributed by atoms with E-state index in [0.29, 0.717) is 12.2 Å². The van der Waals surface area contributed by atoms with Crippen LogP contribution in [0.3, 0.4) is 0 Å². The first-order valence-corrected chi connectivity index (χ1v) is 6.62. The summed E-state index contributed by atoms with van der Waals surface area (Å²) < 4.78 is 19.1. The van der Waals surface area contributed by atoms with Crippen LogP contribution in [0.25, 0.3) is 6.08 Å². The highest BCUT2D eigenvalue weighted by molar-refractivity contribution is 5.85. The molecule has 0 spiro atoms. The monoisotopic (exact) mass is 281 g/mol. The van der Waals surface area contributed by atoms with Crippen molar-refractivity contribution >= 4 is 12.0 Å². The number of likely N-dealkylation sites (N-methyl/N-ethyl adjacent to an activating group) is 1. The fourth-order valence-electron chi connectivity index (χ4n) is 1.73. The van der Waals surface area contributed by atoms with E-state index in [1.54, 1.807) is 6.07 Å². The Bertz CT molecular complexity index is 470. The Morgan fingerprint density at radius 2 is 2.10 bits per heavy atom. The zero-order valence-electron chi connectivity index (χ0n) is 11.8. The minimum absolute atomic E-state index is 0.185. The maximum Gasteiger partial charge on any atom is 0.328 e. The SMILES string of the molecule is CCN(CC)CCOc1ccc(/C=C/C(=O)O)cc1F. The van der Waals surface area contributed by atoms with E-state index in [1.165, 1.54) is 18.2 Å². The first kappa shape index (κ1) is 16.2. The Kier molecular flexibility index (Phi) is 6.73. The molecule has 0 unspecified atom stereocenters. The number of carbonyl (C=O) groups is 1. The molecule has 1 N–H and O–H groups in total. The van der Waals surface area contributed by atoms with Crippen LogP contribution in [-0.4, -0.2) is 42.2 Å². The molecule has 0 aliphatic heterocycles. The normalized spacial score (nSPS) is 11.2. The average Bonchev–Trinajstić information content (AvgIpc) is 2.43. The van der Waals surface area contributed by atoms with Crippen molar-refractivity contribution in [3.63, 3.8) is 0 Å². The molecule has 20 heavy (non-hydrogen) atoms. The van der Waals surface area contributed by atoms with Gasteiger partial charge in [0.25, 0.3) is 0 Å². The van der Waals surface area contributed by atoms with Gasteiger partial charge in [-0.3, -0.25) is 0 Å². The van der Waals surface area contributed by atoms with Crippen LogP contribution in [0, 0.1) is 5.82 Å². The number of carboxylic acids is 1. The number of rotatable bonds is 8. The van der Waals surface area contributed by atoms with E-state index < -0.39 is 11.8 Å². The highest BCUT2D eigenvalue weighted by Crippen LogP contribution is 2.19. The van der Waals surface area contributed by atoms with Crippen molar-refractivity contribution in [2.45, 2.75) is 13.8 Å². The van der Waals surface area contributed by atoms with Crippen LogP contribution in [0.15, 0.2) is 24.3 Å². The van der Waals surface area contributed by atoms with Gasteiger partial charge in [0.05, 0.1) is 0 Å². The van der Waals surface area contributed by atoms with Gasteiger partial charge in [-0.05, 0) is 36.9 Å². The number of aliphatic carboxylic acids is 1. The van der Waals surface area contributed by atoms with Gasteiger partial charge in [-0.15, -0.1) is 0 Å². The fraction of sp³-hybridized carbons (Fsp3) is 0.400. The average molecular weight is 281 g/mol. The van der Waals surface area contributed by atoms with Crippen molar-refractivity contribution in [2.24, 2.45) is 0 Å². The van der Waals surface area contributed by atoms with Crippen LogP contribution in [0.4, 0.5) is 4.39 Å². The number of hydrogen-bond acceptors (Lipinski definition) is 3. The summed E-state index contributed by atoms with van der Waals surface area (Å²) in [7, 11) is 0. The van der Waals surface area contributed by atoms with E-state index in [2.05, 4.69) is 18.7 Å². The summed E-state index contributed by atoms with van der Waals surface area (Å²) in [5.74, 6) is -1.37. The Morgan fingerprint density at radius 1 is 1.40 bits per heavy atom. The van der Waals surface area contributed by atoms with E-state index in [0.717, 1.165) is 25.7 Å². The smallest absolute Gasteiger partial charge is 0.328 e. The van der Waals surface area contributed by atoms with E-state index in [1.807, 2.05) is 0 Å². The predicted octanol–water partition coefficient (Wildman–Crippen LogP) is 2.64. The van der Waals surface area contributed by atoms with E-state index >= 15 is 0 Å². The van der Waals surface area contributed by atoms with Gasteiger partial charge in [0, 0.05) is 12.6 Å². The van der Waals surface area contributed by atoms with Crippen LogP contribution >= 0.6 is 0 Å². The molecule has 0 radical (unpaired) electrons. The summed E-state index contributed by atoms with van der Waals surface area (Å²) in [6.45, 7) is 7.15. The second-order valence-electron chi connectivity index (χ2n) is 4.24. The molecule has 5 heteroatoms. The highest BCUT2D eigenvalue weighted by Gasteiger charge is 2.05. The second-order valence-corrected chi connectivity index (χ2v) is 4.24. The fourth-order valence-corrected chi connectivity index (χ4v) is 1.73. The van der Waals surface area contributed by atoms with Crippen molar-refractivity contribution in [3.8, 4) is 5.75 Å². The number of nitrogens with zero attached hydrogens (tertiary/aromatic N) is 1. The summed E-state index contributed by atoms with van der Waals surface area (Å²) in [6, 6.07) is 4.39. The number of carboxylic acid groups (broad SMARTS) is 1. The van der Waals surface area contributed by atoms with Crippen LogP contribution in [0.1, 0.15) is 19.4 Å². The van der Waals surface area contributed by atoms with Gasteiger partial charge in [0.2, 0.25) is 0 Å². The first-order valence-electron chi connectivity index (χ1n) is 6.62. The molecule has 0 saturated heterocycles. The number of halogens is 1. The molecular weight excluding hydrogens is 261 g/mol. The lowest BCUT2D eigenvalue weighted by Crippen LogP contribution is -2.28. The van der Waals surface area contributed by atoms with Crippen molar-refractivity contribution in [2.75, 3.05) is 26.2 Å². The third-order valence-electron chi connectivity index (χ3n) is 2.93. The molecule has 1 aromatic carbocycles. The molecule has 0 amide bonds. The standard InChI is InChI=1S/C15H20FNO3/c1-3-17(4-2)9-10-20-14-7-5-12(11-13(14)16)6-8-15(18)19/h5-8,11H,3-4,9-10H2,1-2H3,(H,18,19)/b8-6+. The molecule has 0 fully saturated rings. The number of benzene rings is 1. The van der Waals surface area contributed by atoms with Crippen LogP contribution in [0.5, 0.6) is 5.75 Å². The Labute approximate surface area is 118 Å². The summed E-state index contributed by atoms with van der Waals surface area (Å²) >= 11 is 0. The molecular formula is C15H20FNO3. The lowest BCUT2D eigenvalue weighted by molar-refractivity contribution is -0.131. The van der Waals surface area contributed by atoms with Crippen molar-refractivity contribution in [3.05, 3.63) is 35.7 Å². The van der Waals surface area contributed by atoms with Gasteiger partial charge in [-0.2, -0.15) is 0 Å². The van der Waals surface area contributed by atoms with Crippen LogP contribution < -0.4 is 4.74 Å². The summed E-state index contributed by atoms with van der Waals surface area (Å²) in [5, 5.41) is 8.50.